The van der Waals surface area contributed by atoms with Crippen LogP contribution >= 0.6 is 11.3 Å². The molecule has 0 radical (unpaired) electrons. The molecular formula is C17H14N4O4S. The molecule has 0 fully saturated rings. The third-order valence-corrected chi connectivity index (χ3v) is 4.19. The van der Waals surface area contributed by atoms with Gasteiger partial charge in [0, 0.05) is 22.6 Å². The lowest BCUT2D eigenvalue weighted by molar-refractivity contribution is -0.385. The Bertz CT molecular complexity index is 971. The monoisotopic (exact) mass is 370 g/mol. The molecule has 132 valence electrons. The summed E-state index contributed by atoms with van der Waals surface area (Å²) in [6, 6.07) is 11.6. The van der Waals surface area contributed by atoms with E-state index < -0.39 is 4.92 Å². The Hall–Kier alpha value is -3.46. The average molecular weight is 370 g/mol. The molecule has 0 aliphatic rings. The van der Waals surface area contributed by atoms with Crippen molar-refractivity contribution >= 4 is 28.4 Å². The van der Waals surface area contributed by atoms with Gasteiger partial charge in [-0.05, 0) is 24.3 Å². The van der Waals surface area contributed by atoms with Crippen LogP contribution in [0, 0.1) is 10.1 Å². The number of anilines is 1. The molecule has 0 aliphatic carbocycles. The van der Waals surface area contributed by atoms with E-state index >= 15 is 0 Å². The first-order chi connectivity index (χ1) is 12.6. The number of benzene rings is 2. The van der Waals surface area contributed by atoms with E-state index in [0.29, 0.717) is 10.7 Å². The quantitative estimate of drug-likeness (QED) is 0.387. The number of nitro benzene ring substituents is 1. The summed E-state index contributed by atoms with van der Waals surface area (Å²) in [5.41, 5.74) is 4.60. The smallest absolute Gasteiger partial charge is 0.311 e. The van der Waals surface area contributed by atoms with Gasteiger partial charge in [-0.15, -0.1) is 11.3 Å². The minimum atomic E-state index is -0.651. The van der Waals surface area contributed by atoms with Crippen molar-refractivity contribution in [3.63, 3.8) is 0 Å². The van der Waals surface area contributed by atoms with Gasteiger partial charge in [0.25, 0.3) is 0 Å². The van der Waals surface area contributed by atoms with Gasteiger partial charge >= 0.3 is 5.69 Å². The van der Waals surface area contributed by atoms with E-state index in [2.05, 4.69) is 15.5 Å². The number of nitrogens with zero attached hydrogens (tertiary/aromatic N) is 3. The normalized spacial score (nSPS) is 10.8. The number of hydrogen-bond donors (Lipinski definition) is 2. The molecule has 0 amide bonds. The number of hydrogen-bond acceptors (Lipinski definition) is 8. The maximum absolute atomic E-state index is 10.8. The number of rotatable bonds is 6. The van der Waals surface area contributed by atoms with E-state index in [1.165, 1.54) is 35.8 Å². The van der Waals surface area contributed by atoms with E-state index in [1.54, 1.807) is 7.11 Å². The van der Waals surface area contributed by atoms with Gasteiger partial charge < -0.3 is 9.84 Å². The molecule has 0 saturated heterocycles. The number of thiazole rings is 1. The Kier molecular flexibility index (Phi) is 5.09. The number of phenols is 1. The standard InChI is InChI=1S/C17H14N4O4S/c1-25-13-4-2-3-12(8-13)14-10-26-17(19-14)20-18-9-11-5-6-16(22)15(7-11)21(23)24/h2-10,22H,1H3,(H,19,20)/b18-9-. The summed E-state index contributed by atoms with van der Waals surface area (Å²) in [5, 5.41) is 26.7. The molecule has 8 nitrogen and oxygen atoms in total. The summed E-state index contributed by atoms with van der Waals surface area (Å²) in [6.07, 6.45) is 1.42. The SMILES string of the molecule is COc1cccc(-c2csc(N/N=C\c3ccc(O)c([N+](=O)[O-])c3)n2)c1. The van der Waals surface area contributed by atoms with Crippen LogP contribution in [-0.2, 0) is 0 Å². The first kappa shape index (κ1) is 17.4. The number of nitrogens with one attached hydrogen (secondary N) is 1. The third kappa shape index (κ3) is 3.95. The second-order valence-electron chi connectivity index (χ2n) is 5.15. The highest BCUT2D eigenvalue weighted by atomic mass is 32.1. The minimum Gasteiger partial charge on any atom is -0.502 e. The Labute approximate surface area is 152 Å². The Morgan fingerprint density at radius 1 is 1.35 bits per heavy atom. The third-order valence-electron chi connectivity index (χ3n) is 3.44. The predicted octanol–water partition coefficient (Wildman–Crippen LogP) is 3.88. The predicted molar refractivity (Wildman–Crippen MR) is 100 cm³/mol. The van der Waals surface area contributed by atoms with Crippen LogP contribution in [0.4, 0.5) is 10.8 Å². The van der Waals surface area contributed by atoms with Gasteiger partial charge in [-0.2, -0.15) is 5.10 Å². The van der Waals surface area contributed by atoms with Gasteiger partial charge in [0.15, 0.2) is 5.75 Å². The number of ether oxygens (including phenoxy) is 1. The molecule has 0 atom stereocenters. The number of methoxy groups -OCH3 is 1. The lowest BCUT2D eigenvalue weighted by Gasteiger charge is -2.01. The number of nitro groups is 1. The zero-order chi connectivity index (χ0) is 18.5. The molecule has 2 N–H and O–H groups in total. The molecule has 0 aliphatic heterocycles. The second kappa shape index (κ2) is 7.62. The first-order valence-corrected chi connectivity index (χ1v) is 8.31. The van der Waals surface area contributed by atoms with Crippen LogP contribution in [0.25, 0.3) is 11.3 Å². The summed E-state index contributed by atoms with van der Waals surface area (Å²) in [6.45, 7) is 0. The largest absolute Gasteiger partial charge is 0.502 e. The topological polar surface area (TPSA) is 110 Å². The molecule has 9 heteroatoms. The van der Waals surface area contributed by atoms with Gasteiger partial charge in [-0.1, -0.05) is 12.1 Å². The van der Waals surface area contributed by atoms with Crippen molar-refractivity contribution in [2.75, 3.05) is 12.5 Å². The zero-order valence-corrected chi connectivity index (χ0v) is 14.4. The maximum atomic E-state index is 10.8. The highest BCUT2D eigenvalue weighted by Gasteiger charge is 2.12. The highest BCUT2D eigenvalue weighted by Crippen LogP contribution is 2.28. The first-order valence-electron chi connectivity index (χ1n) is 7.43. The summed E-state index contributed by atoms with van der Waals surface area (Å²) >= 11 is 1.38. The molecule has 3 rings (SSSR count). The molecule has 2 aromatic carbocycles. The van der Waals surface area contributed by atoms with Crippen LogP contribution in [0.5, 0.6) is 11.5 Å². The van der Waals surface area contributed by atoms with Crippen LogP contribution in [0.1, 0.15) is 5.56 Å². The fraction of sp³-hybridized carbons (Fsp3) is 0.0588. The molecule has 0 saturated carbocycles. The zero-order valence-electron chi connectivity index (χ0n) is 13.6. The van der Waals surface area contributed by atoms with Crippen LogP contribution in [0.2, 0.25) is 0 Å². The minimum absolute atomic E-state index is 0.372. The van der Waals surface area contributed by atoms with Gasteiger partial charge in [0.2, 0.25) is 5.13 Å². The molecule has 26 heavy (non-hydrogen) atoms. The molecule has 0 unspecified atom stereocenters. The number of phenolic OH excluding ortho intramolecular Hbond substituents is 1. The van der Waals surface area contributed by atoms with Crippen molar-refractivity contribution in [1.82, 2.24) is 4.98 Å². The number of aromatic hydroxyl groups is 1. The van der Waals surface area contributed by atoms with Gasteiger partial charge in [-0.3, -0.25) is 15.5 Å². The van der Waals surface area contributed by atoms with Crippen molar-refractivity contribution in [2.24, 2.45) is 5.10 Å². The van der Waals surface area contributed by atoms with Crippen molar-refractivity contribution in [3.8, 4) is 22.8 Å². The van der Waals surface area contributed by atoms with E-state index in [4.69, 9.17) is 4.74 Å². The van der Waals surface area contributed by atoms with Crippen LogP contribution < -0.4 is 10.2 Å². The van der Waals surface area contributed by atoms with E-state index in [9.17, 15) is 15.2 Å². The summed E-state index contributed by atoms with van der Waals surface area (Å²) in [4.78, 5) is 14.6. The van der Waals surface area contributed by atoms with Crippen molar-refractivity contribution in [3.05, 3.63) is 63.5 Å². The van der Waals surface area contributed by atoms with Crippen LogP contribution in [0.15, 0.2) is 52.9 Å². The Morgan fingerprint density at radius 2 is 2.19 bits per heavy atom. The summed E-state index contributed by atoms with van der Waals surface area (Å²) in [5.74, 6) is 0.361. The van der Waals surface area contributed by atoms with E-state index in [1.807, 2.05) is 29.6 Å². The second-order valence-corrected chi connectivity index (χ2v) is 6.00. The average Bonchev–Trinajstić information content (AvgIpc) is 3.12. The number of hydrazone groups is 1. The van der Waals surface area contributed by atoms with Crippen molar-refractivity contribution in [1.29, 1.82) is 0 Å². The van der Waals surface area contributed by atoms with E-state index in [-0.39, 0.29) is 11.4 Å². The van der Waals surface area contributed by atoms with Crippen molar-refractivity contribution < 1.29 is 14.8 Å². The van der Waals surface area contributed by atoms with Gasteiger partial charge in [-0.25, -0.2) is 4.98 Å². The molecule has 3 aromatic rings. The van der Waals surface area contributed by atoms with E-state index in [0.717, 1.165) is 17.0 Å². The lowest BCUT2D eigenvalue weighted by atomic mass is 10.2. The summed E-state index contributed by atoms with van der Waals surface area (Å²) < 4.78 is 5.20. The van der Waals surface area contributed by atoms with Gasteiger partial charge in [0.05, 0.1) is 23.9 Å². The molecule has 1 heterocycles. The van der Waals surface area contributed by atoms with Gasteiger partial charge in [0.1, 0.15) is 5.75 Å². The Balaban J connectivity index is 1.71. The fourth-order valence-electron chi connectivity index (χ4n) is 2.17. The van der Waals surface area contributed by atoms with Crippen molar-refractivity contribution in [2.45, 2.75) is 0 Å². The molecular weight excluding hydrogens is 356 g/mol. The lowest BCUT2D eigenvalue weighted by Crippen LogP contribution is -1.93. The maximum Gasteiger partial charge on any atom is 0.311 e. The molecule has 0 bridgehead atoms. The van der Waals surface area contributed by atoms with Crippen LogP contribution in [-0.4, -0.2) is 28.3 Å². The highest BCUT2D eigenvalue weighted by molar-refractivity contribution is 7.14. The fourth-order valence-corrected chi connectivity index (χ4v) is 2.84. The number of aromatic nitrogens is 1. The molecule has 0 spiro atoms. The Morgan fingerprint density at radius 3 is 2.96 bits per heavy atom. The van der Waals surface area contributed by atoms with Crippen LogP contribution in [0.3, 0.4) is 0 Å². The summed E-state index contributed by atoms with van der Waals surface area (Å²) in [7, 11) is 1.61. The molecule has 1 aromatic heterocycles.